The first-order chi connectivity index (χ1) is 27.3. The van der Waals surface area contributed by atoms with E-state index in [-0.39, 0.29) is 6.71 Å². The van der Waals surface area contributed by atoms with Crippen molar-refractivity contribution in [3.63, 3.8) is 0 Å². The molecular formula is C52H35BN2. The van der Waals surface area contributed by atoms with Gasteiger partial charge in [0.15, 0.2) is 0 Å². The number of hydrogen-bond acceptors (Lipinski definition) is 2. The normalized spacial score (nSPS) is 12.0. The van der Waals surface area contributed by atoms with Gasteiger partial charge >= 0.3 is 0 Å². The minimum atomic E-state index is 0.0819. The second-order valence-electron chi connectivity index (χ2n) is 14.4. The van der Waals surface area contributed by atoms with Gasteiger partial charge in [-0.1, -0.05) is 174 Å². The fourth-order valence-electron chi connectivity index (χ4n) is 9.15. The fraction of sp³-hybridized carbons (Fsp3) is 0. The van der Waals surface area contributed by atoms with Crippen LogP contribution >= 0.6 is 0 Å². The summed E-state index contributed by atoms with van der Waals surface area (Å²) < 4.78 is 0. The van der Waals surface area contributed by atoms with E-state index in [0.29, 0.717) is 0 Å². The molecule has 55 heavy (non-hydrogen) atoms. The molecule has 0 aromatic heterocycles. The highest BCUT2D eigenvalue weighted by molar-refractivity contribution is 6.98. The highest BCUT2D eigenvalue weighted by atomic mass is 15.2. The van der Waals surface area contributed by atoms with Crippen LogP contribution in [-0.4, -0.2) is 6.71 Å². The monoisotopic (exact) mass is 698 g/mol. The van der Waals surface area contributed by atoms with Gasteiger partial charge in [-0.2, -0.15) is 0 Å². The average molecular weight is 699 g/mol. The second-order valence-corrected chi connectivity index (χ2v) is 14.4. The average Bonchev–Trinajstić information content (AvgIpc) is 3.26. The molecule has 0 amide bonds. The molecule has 0 spiro atoms. The summed E-state index contributed by atoms with van der Waals surface area (Å²) in [4.78, 5) is 4.88. The summed E-state index contributed by atoms with van der Waals surface area (Å²) in [6.45, 7) is 0.0819. The van der Waals surface area contributed by atoms with E-state index in [4.69, 9.17) is 0 Å². The van der Waals surface area contributed by atoms with E-state index < -0.39 is 0 Å². The zero-order valence-corrected chi connectivity index (χ0v) is 30.2. The summed E-state index contributed by atoms with van der Waals surface area (Å²) in [5, 5.41) is 7.66. The summed E-state index contributed by atoms with van der Waals surface area (Å²) in [5.74, 6) is 0. The van der Waals surface area contributed by atoms with Crippen molar-refractivity contribution < 1.29 is 0 Å². The van der Waals surface area contributed by atoms with Crippen LogP contribution in [0.15, 0.2) is 212 Å². The standard InChI is InChI=1S/C52H35BN2/c1-6-18-37(19-7-1)53-46-29-17-16-28-42(46)43-32-30-36-31-33-44-48(54(38-20-8-2-9-21-38)39-22-10-3-11-23-39)35-49(45-34-47(53)52(43)50(36)51(44)45)55(40-24-12-4-13-25-40)41-26-14-5-15-27-41/h1-35H. The summed E-state index contributed by atoms with van der Waals surface area (Å²) in [6.07, 6.45) is 0. The van der Waals surface area contributed by atoms with Gasteiger partial charge in [0, 0.05) is 38.9 Å². The Kier molecular flexibility index (Phi) is 7.31. The maximum atomic E-state index is 2.54. The minimum Gasteiger partial charge on any atom is -0.310 e. The Hall–Kier alpha value is -7.10. The van der Waals surface area contributed by atoms with Crippen LogP contribution in [0.4, 0.5) is 34.1 Å². The number of nitrogens with zero attached hydrogens (tertiary/aromatic N) is 2. The molecule has 0 saturated heterocycles. The van der Waals surface area contributed by atoms with Gasteiger partial charge in [0.1, 0.15) is 0 Å². The zero-order chi connectivity index (χ0) is 36.3. The lowest BCUT2D eigenvalue weighted by molar-refractivity contribution is 1.27. The van der Waals surface area contributed by atoms with Crippen molar-refractivity contribution in [2.75, 3.05) is 9.80 Å². The maximum Gasteiger partial charge on any atom is 0.242 e. The van der Waals surface area contributed by atoms with Crippen LogP contribution < -0.4 is 26.2 Å². The zero-order valence-electron chi connectivity index (χ0n) is 30.2. The summed E-state index contributed by atoms with van der Waals surface area (Å²) in [6, 6.07) is 77.7. The van der Waals surface area contributed by atoms with Crippen LogP contribution in [0.5, 0.6) is 0 Å². The van der Waals surface area contributed by atoms with Gasteiger partial charge in [-0.3, -0.25) is 0 Å². The van der Waals surface area contributed by atoms with Crippen molar-refractivity contribution in [2.45, 2.75) is 0 Å². The Morgan fingerprint density at radius 2 is 0.782 bits per heavy atom. The van der Waals surface area contributed by atoms with Gasteiger partial charge in [0.25, 0.3) is 0 Å². The van der Waals surface area contributed by atoms with E-state index in [1.807, 2.05) is 0 Å². The van der Waals surface area contributed by atoms with Crippen molar-refractivity contribution in [3.05, 3.63) is 212 Å². The molecule has 0 radical (unpaired) electrons. The molecule has 1 heterocycles. The highest BCUT2D eigenvalue weighted by Gasteiger charge is 2.34. The molecule has 10 aromatic carbocycles. The molecule has 0 aliphatic carbocycles. The van der Waals surface area contributed by atoms with Crippen LogP contribution in [0.1, 0.15) is 0 Å². The number of fused-ring (bicyclic) bond motifs is 2. The Morgan fingerprint density at radius 3 is 1.35 bits per heavy atom. The predicted octanol–water partition coefficient (Wildman–Crippen LogP) is 12.0. The van der Waals surface area contributed by atoms with Crippen LogP contribution in [0.2, 0.25) is 0 Å². The Labute approximate surface area is 321 Å². The first kappa shape index (κ1) is 31.4. The van der Waals surface area contributed by atoms with Crippen molar-refractivity contribution >= 4 is 89.5 Å². The molecule has 0 fully saturated rings. The smallest absolute Gasteiger partial charge is 0.242 e. The number of benzene rings is 10. The molecule has 256 valence electrons. The third-order valence-electron chi connectivity index (χ3n) is 11.4. The predicted molar refractivity (Wildman–Crippen MR) is 236 cm³/mol. The summed E-state index contributed by atoms with van der Waals surface area (Å²) >= 11 is 0. The number of anilines is 6. The van der Waals surface area contributed by atoms with Crippen LogP contribution in [0, 0.1) is 0 Å². The number of para-hydroxylation sites is 4. The molecule has 10 aromatic rings. The third-order valence-corrected chi connectivity index (χ3v) is 11.4. The summed E-state index contributed by atoms with van der Waals surface area (Å²) in [5.41, 5.74) is 13.3. The van der Waals surface area contributed by atoms with E-state index in [0.717, 1.165) is 34.1 Å². The van der Waals surface area contributed by atoms with Crippen molar-refractivity contribution in [1.29, 1.82) is 0 Å². The first-order valence-corrected chi connectivity index (χ1v) is 19.1. The Balaban J connectivity index is 1.34. The molecule has 0 unspecified atom stereocenters. The van der Waals surface area contributed by atoms with Crippen LogP contribution in [0.3, 0.4) is 0 Å². The van der Waals surface area contributed by atoms with E-state index in [9.17, 15) is 0 Å². The van der Waals surface area contributed by atoms with E-state index in [1.165, 1.54) is 59.8 Å². The van der Waals surface area contributed by atoms with Gasteiger partial charge in [0.05, 0.1) is 11.4 Å². The second kappa shape index (κ2) is 12.8. The van der Waals surface area contributed by atoms with Gasteiger partial charge < -0.3 is 9.80 Å². The quantitative estimate of drug-likeness (QED) is 0.121. The van der Waals surface area contributed by atoms with Crippen molar-refractivity contribution in [2.24, 2.45) is 0 Å². The topological polar surface area (TPSA) is 6.48 Å². The van der Waals surface area contributed by atoms with Crippen LogP contribution in [0.25, 0.3) is 43.4 Å². The number of rotatable bonds is 7. The first-order valence-electron chi connectivity index (χ1n) is 19.1. The molecule has 0 atom stereocenters. The Bertz CT molecular complexity index is 2890. The van der Waals surface area contributed by atoms with E-state index in [2.05, 4.69) is 222 Å². The molecule has 0 bridgehead atoms. The van der Waals surface area contributed by atoms with E-state index >= 15 is 0 Å². The van der Waals surface area contributed by atoms with Crippen molar-refractivity contribution in [1.82, 2.24) is 0 Å². The Morgan fingerprint density at radius 1 is 0.309 bits per heavy atom. The van der Waals surface area contributed by atoms with Gasteiger partial charge in [-0.05, 0) is 81.9 Å². The largest absolute Gasteiger partial charge is 0.310 e. The SMILES string of the molecule is c1ccc(B2c3ccccc3-c3ccc4ccc5c(N(c6ccccc6)c6ccccc6)cc(N(c6ccccc6)c6ccccc6)c6cc2c3c4c56)cc1. The molecule has 2 nitrogen and oxygen atoms in total. The molecule has 0 saturated carbocycles. The molecule has 1 aliphatic rings. The van der Waals surface area contributed by atoms with Gasteiger partial charge in [-0.15, -0.1) is 0 Å². The lowest BCUT2D eigenvalue weighted by Gasteiger charge is -2.34. The number of hydrogen-bond donors (Lipinski definition) is 0. The van der Waals surface area contributed by atoms with Crippen molar-refractivity contribution in [3.8, 4) is 11.1 Å². The molecular weight excluding hydrogens is 663 g/mol. The van der Waals surface area contributed by atoms with Gasteiger partial charge in [-0.25, -0.2) is 0 Å². The van der Waals surface area contributed by atoms with Gasteiger partial charge in [0.2, 0.25) is 6.71 Å². The highest BCUT2D eigenvalue weighted by Crippen LogP contribution is 2.51. The lowest BCUT2D eigenvalue weighted by Crippen LogP contribution is -2.54. The van der Waals surface area contributed by atoms with Crippen LogP contribution in [-0.2, 0) is 0 Å². The minimum absolute atomic E-state index is 0.0819. The third kappa shape index (κ3) is 4.97. The summed E-state index contributed by atoms with van der Waals surface area (Å²) in [7, 11) is 0. The fourth-order valence-corrected chi connectivity index (χ4v) is 9.15. The molecule has 11 rings (SSSR count). The van der Waals surface area contributed by atoms with E-state index in [1.54, 1.807) is 0 Å². The lowest BCUT2D eigenvalue weighted by atomic mass is 9.33. The molecule has 1 aliphatic heterocycles. The molecule has 3 heteroatoms. The molecule has 0 N–H and O–H groups in total. The maximum absolute atomic E-state index is 2.54.